The van der Waals surface area contributed by atoms with Crippen LogP contribution in [-0.2, 0) is 6.54 Å². The molecule has 5 rings (SSSR count). The van der Waals surface area contributed by atoms with E-state index >= 15 is 0 Å². The Kier molecular flexibility index (Phi) is 6.06. The van der Waals surface area contributed by atoms with E-state index in [2.05, 4.69) is 10.8 Å². The molecule has 0 bridgehead atoms. The number of ether oxygens (including phenoxy) is 1. The zero-order valence-corrected chi connectivity index (χ0v) is 19.9. The molecule has 36 heavy (non-hydrogen) atoms. The topological polar surface area (TPSA) is 57.2 Å². The van der Waals surface area contributed by atoms with Crippen molar-refractivity contribution in [1.29, 1.82) is 0 Å². The summed E-state index contributed by atoms with van der Waals surface area (Å²) in [4.78, 5) is 12.2. The van der Waals surface area contributed by atoms with Crippen LogP contribution < -0.4 is 10.5 Å². The first kappa shape index (κ1) is 24.0. The second kappa shape index (κ2) is 9.08. The number of carbonyl (C=O) groups is 1. The highest BCUT2D eigenvalue weighted by molar-refractivity contribution is 6.39. The lowest BCUT2D eigenvalue weighted by atomic mass is 10.0. The molecule has 1 aromatic heterocycles. The normalized spacial score (nSPS) is 11.8. The van der Waals surface area contributed by atoms with Crippen molar-refractivity contribution in [3.05, 3.63) is 100 Å². The summed E-state index contributed by atoms with van der Waals surface area (Å²) in [6.45, 7) is 0.294. The highest BCUT2D eigenvalue weighted by Gasteiger charge is 2.31. The minimum atomic E-state index is -4.77. The molecule has 0 fully saturated rings. The van der Waals surface area contributed by atoms with Crippen LogP contribution in [0.15, 0.2) is 72.8 Å². The Balaban J connectivity index is 1.70. The van der Waals surface area contributed by atoms with Crippen molar-refractivity contribution in [3.63, 3.8) is 0 Å². The van der Waals surface area contributed by atoms with Crippen LogP contribution in [0.25, 0.3) is 32.9 Å². The van der Waals surface area contributed by atoms with Gasteiger partial charge < -0.3 is 15.0 Å². The number of halogens is 5. The molecule has 0 aliphatic heterocycles. The van der Waals surface area contributed by atoms with Crippen LogP contribution in [0.3, 0.4) is 0 Å². The fourth-order valence-electron chi connectivity index (χ4n) is 4.33. The number of aromatic nitrogens is 1. The molecule has 181 valence electrons. The molecule has 4 aromatic carbocycles. The van der Waals surface area contributed by atoms with Crippen molar-refractivity contribution in [2.75, 3.05) is 0 Å². The van der Waals surface area contributed by atoms with Gasteiger partial charge >= 0.3 is 6.36 Å². The molecule has 2 N–H and O–H groups in total. The van der Waals surface area contributed by atoms with Gasteiger partial charge in [0.05, 0.1) is 11.0 Å². The van der Waals surface area contributed by atoms with Crippen molar-refractivity contribution < 1.29 is 22.7 Å². The molecule has 0 aliphatic rings. The van der Waals surface area contributed by atoms with E-state index in [1.807, 2.05) is 16.7 Å². The lowest BCUT2D eigenvalue weighted by molar-refractivity contribution is -0.274. The number of amides is 1. The van der Waals surface area contributed by atoms with Crippen LogP contribution in [0.1, 0.15) is 15.9 Å². The van der Waals surface area contributed by atoms with E-state index in [1.165, 1.54) is 12.1 Å². The van der Waals surface area contributed by atoms with Crippen molar-refractivity contribution >= 4 is 50.9 Å². The standard InChI is InChI=1S/C27H16Cl2F3N2O2/c28-20-4-2-5-21(29)24(20)16-9-12-18-23(13-16)34(22-6-1-3-19(25(18)22)26(33)35)14-15-7-10-17(11-8-15)36-27(30,31)32/h1-11,13H,14H2,(H2,33,35). The summed E-state index contributed by atoms with van der Waals surface area (Å²) in [6, 6.07) is 23.0. The molecular formula is C27H16Cl2F3N2O2. The van der Waals surface area contributed by atoms with Crippen LogP contribution in [0.4, 0.5) is 13.2 Å². The number of fused-ring (bicyclic) bond motifs is 3. The Hall–Kier alpha value is -3.68. The Morgan fingerprint density at radius 2 is 1.64 bits per heavy atom. The number of rotatable bonds is 5. The third kappa shape index (κ3) is 4.47. The Labute approximate surface area is 213 Å². The van der Waals surface area contributed by atoms with Crippen LogP contribution in [0.5, 0.6) is 5.75 Å². The van der Waals surface area contributed by atoms with E-state index in [0.717, 1.165) is 16.6 Å². The van der Waals surface area contributed by atoms with E-state index in [0.29, 0.717) is 44.1 Å². The summed E-state index contributed by atoms with van der Waals surface area (Å²) in [5.74, 6) is -0.895. The maximum absolute atomic E-state index is 12.5. The van der Waals surface area contributed by atoms with Gasteiger partial charge in [0.15, 0.2) is 0 Å². The van der Waals surface area contributed by atoms with Crippen LogP contribution >= 0.6 is 23.2 Å². The molecule has 1 radical (unpaired) electrons. The van der Waals surface area contributed by atoms with Crippen molar-refractivity contribution in [2.24, 2.45) is 5.73 Å². The predicted molar refractivity (Wildman–Crippen MR) is 134 cm³/mol. The molecule has 1 amide bonds. The first-order valence-corrected chi connectivity index (χ1v) is 11.4. The molecule has 1 heterocycles. The SMILES string of the molecule is NC(=O)c1cccc2c1c1[c]cc(-c3c(Cl)cccc3Cl)cc1n2Cc1ccc(OC(F)(F)F)cc1. The van der Waals surface area contributed by atoms with Gasteiger partial charge in [-0.05, 0) is 65.7 Å². The van der Waals surface area contributed by atoms with Gasteiger partial charge in [-0.3, -0.25) is 4.79 Å². The molecule has 0 aliphatic carbocycles. The third-order valence-corrected chi connectivity index (χ3v) is 6.44. The predicted octanol–water partition coefficient (Wildman–Crippen LogP) is 7.61. The van der Waals surface area contributed by atoms with Gasteiger partial charge in [-0.1, -0.05) is 47.5 Å². The summed E-state index contributed by atoms with van der Waals surface area (Å²) in [5, 5.41) is 2.24. The van der Waals surface area contributed by atoms with Crippen molar-refractivity contribution in [1.82, 2.24) is 4.57 Å². The third-order valence-electron chi connectivity index (χ3n) is 5.81. The average Bonchev–Trinajstić information content (AvgIpc) is 3.12. The number of nitrogens with two attached hydrogens (primary N) is 1. The lowest BCUT2D eigenvalue weighted by Gasteiger charge is -2.12. The smallest absolute Gasteiger partial charge is 0.406 e. The summed E-state index contributed by atoms with van der Waals surface area (Å²) in [7, 11) is 0. The first-order valence-electron chi connectivity index (χ1n) is 10.7. The van der Waals surface area contributed by atoms with Crippen LogP contribution in [0, 0.1) is 6.07 Å². The lowest BCUT2D eigenvalue weighted by Crippen LogP contribution is -2.17. The number of alkyl halides is 3. The highest BCUT2D eigenvalue weighted by Crippen LogP contribution is 2.39. The van der Waals surface area contributed by atoms with Gasteiger partial charge in [0.1, 0.15) is 5.75 Å². The molecule has 0 unspecified atom stereocenters. The van der Waals surface area contributed by atoms with Gasteiger partial charge in [0.2, 0.25) is 5.91 Å². The number of nitrogens with zero attached hydrogens (tertiary/aromatic N) is 1. The van der Waals surface area contributed by atoms with E-state index in [-0.39, 0.29) is 5.75 Å². The second-order valence-corrected chi connectivity index (χ2v) is 8.90. The van der Waals surface area contributed by atoms with Crippen molar-refractivity contribution in [2.45, 2.75) is 12.9 Å². The number of primary amides is 1. The zero-order valence-electron chi connectivity index (χ0n) is 18.4. The molecule has 5 aromatic rings. The molecular weight excluding hydrogens is 512 g/mol. The summed E-state index contributed by atoms with van der Waals surface area (Å²) in [5.41, 5.74) is 9.51. The largest absolute Gasteiger partial charge is 0.573 e. The van der Waals surface area contributed by atoms with Crippen LogP contribution in [0.2, 0.25) is 10.0 Å². The molecule has 4 nitrogen and oxygen atoms in total. The quantitative estimate of drug-likeness (QED) is 0.255. The van der Waals surface area contributed by atoms with E-state index in [9.17, 15) is 18.0 Å². The Bertz CT molecular complexity index is 1610. The van der Waals surface area contributed by atoms with E-state index < -0.39 is 12.3 Å². The molecule has 9 heteroatoms. The highest BCUT2D eigenvalue weighted by atomic mass is 35.5. The molecule has 0 saturated heterocycles. The fourth-order valence-corrected chi connectivity index (χ4v) is 4.94. The zero-order chi connectivity index (χ0) is 25.6. The summed E-state index contributed by atoms with van der Waals surface area (Å²) >= 11 is 12.9. The first-order chi connectivity index (χ1) is 17.1. The molecule has 0 atom stereocenters. The summed E-state index contributed by atoms with van der Waals surface area (Å²) < 4.78 is 43.6. The number of carbonyl (C=O) groups excluding carboxylic acids is 1. The molecule has 0 saturated carbocycles. The van der Waals surface area contributed by atoms with Gasteiger partial charge in [-0.25, -0.2) is 0 Å². The Morgan fingerprint density at radius 3 is 2.28 bits per heavy atom. The van der Waals surface area contributed by atoms with E-state index in [4.69, 9.17) is 28.9 Å². The number of hydrogen-bond donors (Lipinski definition) is 1. The van der Waals surface area contributed by atoms with E-state index in [1.54, 1.807) is 48.5 Å². The summed E-state index contributed by atoms with van der Waals surface area (Å²) in [6.07, 6.45) is -4.77. The maximum Gasteiger partial charge on any atom is 0.573 e. The Morgan fingerprint density at radius 1 is 0.972 bits per heavy atom. The second-order valence-electron chi connectivity index (χ2n) is 8.09. The van der Waals surface area contributed by atoms with Crippen LogP contribution in [-0.4, -0.2) is 16.8 Å². The maximum atomic E-state index is 12.5. The van der Waals surface area contributed by atoms with Gasteiger partial charge in [-0.15, -0.1) is 13.2 Å². The van der Waals surface area contributed by atoms with Gasteiger partial charge in [0, 0.05) is 38.5 Å². The average molecular weight is 528 g/mol. The fraction of sp³-hybridized carbons (Fsp3) is 0.0741. The number of benzene rings is 4. The van der Waals surface area contributed by atoms with Gasteiger partial charge in [-0.2, -0.15) is 0 Å². The van der Waals surface area contributed by atoms with Crippen molar-refractivity contribution in [3.8, 4) is 16.9 Å². The minimum absolute atomic E-state index is 0.294. The molecule has 0 spiro atoms. The monoisotopic (exact) mass is 527 g/mol. The minimum Gasteiger partial charge on any atom is -0.406 e. The number of hydrogen-bond acceptors (Lipinski definition) is 2. The van der Waals surface area contributed by atoms with Gasteiger partial charge in [0.25, 0.3) is 0 Å².